The van der Waals surface area contributed by atoms with Gasteiger partial charge >= 0.3 is 0 Å². The predicted octanol–water partition coefficient (Wildman–Crippen LogP) is 0.750. The molecule has 1 aromatic carbocycles. The van der Waals surface area contributed by atoms with E-state index in [2.05, 4.69) is 10.6 Å². The van der Waals surface area contributed by atoms with Gasteiger partial charge in [-0.15, -0.1) is 0 Å². The number of nitro groups is 1. The van der Waals surface area contributed by atoms with Crippen LogP contribution in [-0.4, -0.2) is 23.9 Å². The molecule has 6 nitrogen and oxygen atoms in total. The molecule has 15 heavy (non-hydrogen) atoms. The highest BCUT2D eigenvalue weighted by molar-refractivity contribution is 6.02. The maximum atomic E-state index is 11.5. The Hall–Kier alpha value is -2.11. The van der Waals surface area contributed by atoms with Gasteiger partial charge in [-0.05, 0) is 6.07 Å². The highest BCUT2D eigenvalue weighted by Crippen LogP contribution is 2.28. The maximum absolute atomic E-state index is 11.5. The van der Waals surface area contributed by atoms with Crippen molar-refractivity contribution >= 4 is 17.3 Å². The number of para-hydroxylation sites is 1. The van der Waals surface area contributed by atoms with Crippen LogP contribution in [0.25, 0.3) is 0 Å². The molecule has 0 saturated heterocycles. The third kappa shape index (κ3) is 1.61. The molecule has 0 aromatic heterocycles. The summed E-state index contributed by atoms with van der Waals surface area (Å²) in [5, 5.41) is 16.2. The lowest BCUT2D eigenvalue weighted by Gasteiger charge is -2.05. The molecule has 1 aliphatic rings. The number of carbonyl (C=O) groups excluding carboxylic acids is 1. The Morgan fingerprint density at radius 1 is 1.27 bits per heavy atom. The fraction of sp³-hybridized carbons (Fsp3) is 0.222. The fourth-order valence-electron chi connectivity index (χ4n) is 1.53. The van der Waals surface area contributed by atoms with Crippen molar-refractivity contribution in [2.24, 2.45) is 0 Å². The molecule has 78 valence electrons. The van der Waals surface area contributed by atoms with Gasteiger partial charge in [0.25, 0.3) is 11.6 Å². The Morgan fingerprint density at radius 3 is 2.73 bits per heavy atom. The number of rotatable bonds is 1. The second kappa shape index (κ2) is 3.56. The first-order valence-electron chi connectivity index (χ1n) is 4.49. The van der Waals surface area contributed by atoms with Crippen molar-refractivity contribution in [2.75, 3.05) is 18.4 Å². The van der Waals surface area contributed by atoms with Crippen molar-refractivity contribution in [3.05, 3.63) is 33.9 Å². The molecule has 1 heterocycles. The first-order chi connectivity index (χ1) is 7.20. The average Bonchev–Trinajstić information content (AvgIpc) is 2.40. The third-order valence-electron chi connectivity index (χ3n) is 2.20. The summed E-state index contributed by atoms with van der Waals surface area (Å²) in [7, 11) is 0. The van der Waals surface area contributed by atoms with E-state index in [0.717, 1.165) is 0 Å². The molecule has 0 atom stereocenters. The first-order valence-corrected chi connectivity index (χ1v) is 4.49. The highest BCUT2D eigenvalue weighted by atomic mass is 16.6. The van der Waals surface area contributed by atoms with Crippen LogP contribution in [0.2, 0.25) is 0 Å². The van der Waals surface area contributed by atoms with E-state index in [1.165, 1.54) is 12.1 Å². The van der Waals surface area contributed by atoms with Crippen molar-refractivity contribution in [3.8, 4) is 0 Å². The molecule has 1 aliphatic heterocycles. The quantitative estimate of drug-likeness (QED) is 0.525. The minimum absolute atomic E-state index is 0.0652. The minimum atomic E-state index is -0.496. The van der Waals surface area contributed by atoms with Crippen LogP contribution in [0, 0.1) is 10.1 Å². The van der Waals surface area contributed by atoms with E-state index in [4.69, 9.17) is 0 Å². The maximum Gasteiger partial charge on any atom is 0.293 e. The van der Waals surface area contributed by atoms with E-state index < -0.39 is 4.92 Å². The Morgan fingerprint density at radius 2 is 2.00 bits per heavy atom. The van der Waals surface area contributed by atoms with Gasteiger partial charge in [0.15, 0.2) is 0 Å². The van der Waals surface area contributed by atoms with Crippen molar-refractivity contribution in [1.82, 2.24) is 5.32 Å². The Balaban J connectivity index is 2.58. The molecule has 1 aromatic rings. The number of nitro benzene ring substituents is 1. The fourth-order valence-corrected chi connectivity index (χ4v) is 1.53. The summed E-state index contributed by atoms with van der Waals surface area (Å²) in [6, 6.07) is 4.45. The zero-order chi connectivity index (χ0) is 10.8. The van der Waals surface area contributed by atoms with Gasteiger partial charge in [-0.25, -0.2) is 0 Å². The van der Waals surface area contributed by atoms with Gasteiger partial charge < -0.3 is 10.6 Å². The van der Waals surface area contributed by atoms with Crippen LogP contribution in [-0.2, 0) is 0 Å². The molecule has 0 bridgehead atoms. The smallest absolute Gasteiger partial charge is 0.293 e. The molecular formula is C9H9N3O3. The molecule has 2 N–H and O–H groups in total. The van der Waals surface area contributed by atoms with Crippen LogP contribution in [0.15, 0.2) is 18.2 Å². The Labute approximate surface area is 85.4 Å². The number of benzene rings is 1. The second-order valence-electron chi connectivity index (χ2n) is 3.14. The molecule has 0 aliphatic carbocycles. The van der Waals surface area contributed by atoms with Crippen molar-refractivity contribution < 1.29 is 9.72 Å². The number of fused-ring (bicyclic) bond motifs is 1. The molecule has 0 saturated carbocycles. The Kier molecular flexibility index (Phi) is 2.24. The molecule has 0 unspecified atom stereocenters. The molecule has 2 rings (SSSR count). The number of hydrogen-bond donors (Lipinski definition) is 2. The normalized spacial score (nSPS) is 14.5. The summed E-state index contributed by atoms with van der Waals surface area (Å²) in [6.45, 7) is 0.953. The van der Waals surface area contributed by atoms with E-state index in [0.29, 0.717) is 24.3 Å². The van der Waals surface area contributed by atoms with Gasteiger partial charge in [0.1, 0.15) is 5.69 Å². The summed E-state index contributed by atoms with van der Waals surface area (Å²) in [5.74, 6) is -0.279. The van der Waals surface area contributed by atoms with Gasteiger partial charge in [0.2, 0.25) is 0 Å². The molecule has 0 radical (unpaired) electrons. The van der Waals surface area contributed by atoms with Crippen molar-refractivity contribution in [3.63, 3.8) is 0 Å². The molecule has 0 spiro atoms. The number of amides is 1. The SMILES string of the molecule is O=C1NCCNc2c1cccc2[N+](=O)[O-]. The van der Waals surface area contributed by atoms with Gasteiger partial charge in [-0.2, -0.15) is 0 Å². The number of hydrogen-bond acceptors (Lipinski definition) is 4. The number of carbonyl (C=O) groups is 1. The molecule has 0 fully saturated rings. The first kappa shape index (κ1) is 9.45. The van der Waals surface area contributed by atoms with Gasteiger partial charge in [-0.1, -0.05) is 6.07 Å². The van der Waals surface area contributed by atoms with E-state index >= 15 is 0 Å². The van der Waals surface area contributed by atoms with E-state index in [-0.39, 0.29) is 11.6 Å². The lowest BCUT2D eigenvalue weighted by molar-refractivity contribution is -0.384. The standard InChI is InChI=1S/C9H9N3O3/c13-9-6-2-1-3-7(12(14)15)8(6)10-4-5-11-9/h1-3,10H,4-5H2,(H,11,13). The van der Waals surface area contributed by atoms with Crippen LogP contribution < -0.4 is 10.6 Å². The van der Waals surface area contributed by atoms with Crippen molar-refractivity contribution in [2.45, 2.75) is 0 Å². The zero-order valence-electron chi connectivity index (χ0n) is 7.82. The second-order valence-corrected chi connectivity index (χ2v) is 3.14. The lowest BCUT2D eigenvalue weighted by atomic mass is 10.1. The van der Waals surface area contributed by atoms with E-state index in [1.54, 1.807) is 6.07 Å². The predicted molar refractivity (Wildman–Crippen MR) is 53.9 cm³/mol. The molecule has 6 heteroatoms. The zero-order valence-corrected chi connectivity index (χ0v) is 7.82. The topological polar surface area (TPSA) is 84.3 Å². The summed E-state index contributed by atoms with van der Waals surface area (Å²) in [6.07, 6.45) is 0. The monoisotopic (exact) mass is 207 g/mol. The van der Waals surface area contributed by atoms with Crippen LogP contribution in [0.3, 0.4) is 0 Å². The lowest BCUT2D eigenvalue weighted by Crippen LogP contribution is -2.24. The van der Waals surface area contributed by atoms with Gasteiger partial charge in [-0.3, -0.25) is 14.9 Å². The van der Waals surface area contributed by atoms with E-state index in [1.807, 2.05) is 0 Å². The highest BCUT2D eigenvalue weighted by Gasteiger charge is 2.22. The number of nitrogens with zero attached hydrogens (tertiary/aromatic N) is 1. The summed E-state index contributed by atoms with van der Waals surface area (Å²) in [4.78, 5) is 21.7. The average molecular weight is 207 g/mol. The van der Waals surface area contributed by atoms with Crippen LogP contribution in [0.1, 0.15) is 10.4 Å². The van der Waals surface area contributed by atoms with E-state index in [9.17, 15) is 14.9 Å². The number of anilines is 1. The number of nitrogens with one attached hydrogen (secondary N) is 2. The molecular weight excluding hydrogens is 198 g/mol. The Bertz CT molecular complexity index is 431. The summed E-state index contributed by atoms with van der Waals surface area (Å²) < 4.78 is 0. The van der Waals surface area contributed by atoms with Crippen LogP contribution in [0.4, 0.5) is 11.4 Å². The van der Waals surface area contributed by atoms with Crippen molar-refractivity contribution in [1.29, 1.82) is 0 Å². The summed E-state index contributed by atoms with van der Waals surface area (Å²) >= 11 is 0. The van der Waals surface area contributed by atoms with Gasteiger partial charge in [0, 0.05) is 19.2 Å². The molecule has 1 amide bonds. The largest absolute Gasteiger partial charge is 0.377 e. The third-order valence-corrected chi connectivity index (χ3v) is 2.20. The summed E-state index contributed by atoms with van der Waals surface area (Å²) in [5.41, 5.74) is 0.559. The van der Waals surface area contributed by atoms with Crippen LogP contribution in [0.5, 0.6) is 0 Å². The van der Waals surface area contributed by atoms with Crippen LogP contribution >= 0.6 is 0 Å². The van der Waals surface area contributed by atoms with Gasteiger partial charge in [0.05, 0.1) is 10.5 Å². The minimum Gasteiger partial charge on any atom is -0.377 e.